The van der Waals surface area contributed by atoms with E-state index >= 15 is 0 Å². The maximum Gasteiger partial charge on any atom is 0.262 e. The highest BCUT2D eigenvalue weighted by Gasteiger charge is 2.40. The van der Waals surface area contributed by atoms with Gasteiger partial charge in [0.25, 0.3) is 5.91 Å². The van der Waals surface area contributed by atoms with Gasteiger partial charge in [-0.1, -0.05) is 19.1 Å². The van der Waals surface area contributed by atoms with Crippen LogP contribution in [0, 0.1) is 0 Å². The molecule has 0 bridgehead atoms. The van der Waals surface area contributed by atoms with E-state index < -0.39 is 6.17 Å². The second-order valence-corrected chi connectivity index (χ2v) is 6.75. The van der Waals surface area contributed by atoms with E-state index in [0.29, 0.717) is 28.4 Å². The quantitative estimate of drug-likeness (QED) is 0.676. The molecule has 6 heteroatoms. The first kappa shape index (κ1) is 18.8. The van der Waals surface area contributed by atoms with Crippen LogP contribution >= 0.6 is 0 Å². The number of methoxy groups -OCH3 is 2. The fraction of sp³-hybridized carbons (Fsp3) is 0.217. The van der Waals surface area contributed by atoms with Gasteiger partial charge in [0.15, 0.2) is 6.17 Å². The van der Waals surface area contributed by atoms with Gasteiger partial charge in [-0.15, -0.1) is 0 Å². The number of carbonyl (C=O) groups is 1. The molecule has 1 atom stereocenters. The van der Waals surface area contributed by atoms with Gasteiger partial charge < -0.3 is 14.8 Å². The monoisotopic (exact) mass is 389 g/mol. The molecule has 0 spiro atoms. The molecule has 0 unspecified atom stereocenters. The average Bonchev–Trinajstić information content (AvgIpc) is 3.05. The predicted molar refractivity (Wildman–Crippen MR) is 113 cm³/mol. The van der Waals surface area contributed by atoms with Crippen LogP contribution in [0.25, 0.3) is 0 Å². The van der Waals surface area contributed by atoms with Gasteiger partial charge in [-0.3, -0.25) is 14.7 Å². The Morgan fingerprint density at radius 2 is 1.86 bits per heavy atom. The fourth-order valence-electron chi connectivity index (χ4n) is 3.55. The number of nitrogens with one attached hydrogen (secondary N) is 1. The predicted octanol–water partition coefficient (Wildman–Crippen LogP) is 4.43. The van der Waals surface area contributed by atoms with Gasteiger partial charge in [-0.05, 0) is 48.4 Å². The summed E-state index contributed by atoms with van der Waals surface area (Å²) < 4.78 is 10.9. The van der Waals surface area contributed by atoms with Crippen LogP contribution in [0.1, 0.15) is 34.7 Å². The van der Waals surface area contributed by atoms with E-state index in [1.807, 2.05) is 12.1 Å². The molecule has 2 heterocycles. The number of aryl methyl sites for hydroxylation is 1. The summed E-state index contributed by atoms with van der Waals surface area (Å²) in [6.45, 7) is 2.12. The lowest BCUT2D eigenvalue weighted by atomic mass is 10.1. The van der Waals surface area contributed by atoms with E-state index in [4.69, 9.17) is 9.47 Å². The van der Waals surface area contributed by atoms with Gasteiger partial charge in [-0.2, -0.15) is 0 Å². The van der Waals surface area contributed by atoms with Crippen LogP contribution < -0.4 is 19.7 Å². The van der Waals surface area contributed by atoms with Gasteiger partial charge in [0, 0.05) is 18.0 Å². The van der Waals surface area contributed by atoms with Crippen molar-refractivity contribution in [3.05, 3.63) is 77.6 Å². The SMILES string of the molecule is CCc1ccc(N[C@H]2c3ncccc3C(=O)N2c2cc(OC)ccc2OC)cc1. The number of pyridine rings is 1. The maximum absolute atomic E-state index is 13.3. The molecule has 1 aliphatic heterocycles. The number of nitrogens with zero attached hydrogens (tertiary/aromatic N) is 2. The van der Waals surface area contributed by atoms with Gasteiger partial charge in [-0.25, -0.2) is 0 Å². The minimum atomic E-state index is -0.466. The van der Waals surface area contributed by atoms with Crippen molar-refractivity contribution < 1.29 is 14.3 Å². The smallest absolute Gasteiger partial charge is 0.262 e. The second kappa shape index (κ2) is 7.83. The number of benzene rings is 2. The maximum atomic E-state index is 13.3. The molecular weight excluding hydrogens is 366 g/mol. The molecular formula is C23H23N3O3. The minimum Gasteiger partial charge on any atom is -0.497 e. The van der Waals surface area contributed by atoms with Crippen molar-refractivity contribution in [2.24, 2.45) is 0 Å². The molecule has 1 aliphatic rings. The lowest BCUT2D eigenvalue weighted by molar-refractivity contribution is 0.0992. The minimum absolute atomic E-state index is 0.137. The van der Waals surface area contributed by atoms with E-state index in [1.54, 1.807) is 55.6 Å². The van der Waals surface area contributed by atoms with Crippen molar-refractivity contribution in [1.82, 2.24) is 4.98 Å². The highest BCUT2D eigenvalue weighted by Crippen LogP contribution is 2.42. The van der Waals surface area contributed by atoms with E-state index in [0.717, 1.165) is 12.1 Å². The molecule has 1 N–H and O–H groups in total. The molecule has 29 heavy (non-hydrogen) atoms. The molecule has 0 fully saturated rings. The van der Waals surface area contributed by atoms with Crippen LogP contribution in [0.15, 0.2) is 60.8 Å². The molecule has 1 amide bonds. The van der Waals surface area contributed by atoms with Crippen LogP contribution in [0.2, 0.25) is 0 Å². The van der Waals surface area contributed by atoms with Crippen LogP contribution in [-0.4, -0.2) is 25.1 Å². The summed E-state index contributed by atoms with van der Waals surface area (Å²) in [7, 11) is 3.18. The summed E-state index contributed by atoms with van der Waals surface area (Å²) in [6, 6.07) is 17.2. The molecule has 3 aromatic rings. The number of carbonyl (C=O) groups excluding carboxylic acids is 1. The summed E-state index contributed by atoms with van der Waals surface area (Å²) >= 11 is 0. The largest absolute Gasteiger partial charge is 0.497 e. The van der Waals surface area contributed by atoms with Crippen LogP contribution in [-0.2, 0) is 6.42 Å². The standard InChI is InChI=1S/C23H23N3O3/c1-4-15-7-9-16(10-8-15)25-22-21-18(6-5-13-24-21)23(27)26(22)19-14-17(28-2)11-12-20(19)29-3/h5-14,22,25H,4H2,1-3H3/t22-/m1/s1. The first-order valence-electron chi connectivity index (χ1n) is 9.52. The van der Waals surface area contributed by atoms with Crippen molar-refractivity contribution in [3.63, 3.8) is 0 Å². The van der Waals surface area contributed by atoms with Gasteiger partial charge >= 0.3 is 0 Å². The van der Waals surface area contributed by atoms with Crippen LogP contribution in [0.5, 0.6) is 11.5 Å². The second-order valence-electron chi connectivity index (χ2n) is 6.75. The number of amides is 1. The highest BCUT2D eigenvalue weighted by molar-refractivity contribution is 6.11. The Morgan fingerprint density at radius 1 is 1.07 bits per heavy atom. The number of fused-ring (bicyclic) bond motifs is 1. The molecule has 148 valence electrons. The first-order valence-corrected chi connectivity index (χ1v) is 9.52. The zero-order chi connectivity index (χ0) is 20.4. The summed E-state index contributed by atoms with van der Waals surface area (Å²) in [6.07, 6.45) is 2.21. The summed E-state index contributed by atoms with van der Waals surface area (Å²) in [4.78, 5) is 19.5. The molecule has 1 aromatic heterocycles. The number of ether oxygens (including phenoxy) is 2. The van der Waals surface area contributed by atoms with E-state index in [-0.39, 0.29) is 5.91 Å². The topological polar surface area (TPSA) is 63.7 Å². The Hall–Kier alpha value is -3.54. The van der Waals surface area contributed by atoms with Gasteiger partial charge in [0.2, 0.25) is 0 Å². The Kier molecular flexibility index (Phi) is 5.08. The normalized spacial score (nSPS) is 15.2. The molecule has 0 saturated carbocycles. The van der Waals surface area contributed by atoms with Crippen molar-refractivity contribution >= 4 is 17.3 Å². The Morgan fingerprint density at radius 3 is 2.55 bits per heavy atom. The Balaban J connectivity index is 1.80. The third kappa shape index (κ3) is 3.38. The van der Waals surface area contributed by atoms with Crippen molar-refractivity contribution in [2.75, 3.05) is 24.4 Å². The lowest BCUT2D eigenvalue weighted by Crippen LogP contribution is -2.32. The van der Waals surface area contributed by atoms with Gasteiger partial charge in [0.1, 0.15) is 11.5 Å². The molecule has 4 rings (SSSR count). The van der Waals surface area contributed by atoms with E-state index in [9.17, 15) is 4.79 Å². The fourth-order valence-corrected chi connectivity index (χ4v) is 3.55. The lowest BCUT2D eigenvalue weighted by Gasteiger charge is -2.28. The van der Waals surface area contributed by atoms with Crippen LogP contribution in [0.3, 0.4) is 0 Å². The number of anilines is 2. The number of hydrogen-bond acceptors (Lipinski definition) is 5. The first-order chi connectivity index (χ1) is 14.2. The third-order valence-electron chi connectivity index (χ3n) is 5.12. The zero-order valence-electron chi connectivity index (χ0n) is 16.7. The molecule has 0 aliphatic carbocycles. The van der Waals surface area contributed by atoms with Crippen molar-refractivity contribution in [3.8, 4) is 11.5 Å². The van der Waals surface area contributed by atoms with E-state index in [2.05, 4.69) is 29.4 Å². The summed E-state index contributed by atoms with van der Waals surface area (Å²) in [5.41, 5.74) is 4.03. The number of hydrogen-bond donors (Lipinski definition) is 1. The Labute approximate surface area is 170 Å². The van der Waals surface area contributed by atoms with Crippen molar-refractivity contribution in [1.29, 1.82) is 0 Å². The zero-order valence-corrected chi connectivity index (χ0v) is 16.7. The van der Waals surface area contributed by atoms with Gasteiger partial charge in [0.05, 0.1) is 31.2 Å². The highest BCUT2D eigenvalue weighted by atomic mass is 16.5. The molecule has 0 saturated heterocycles. The summed E-state index contributed by atoms with van der Waals surface area (Å²) in [5.74, 6) is 1.09. The van der Waals surface area contributed by atoms with Crippen LogP contribution in [0.4, 0.5) is 11.4 Å². The van der Waals surface area contributed by atoms with E-state index in [1.165, 1.54) is 5.56 Å². The molecule has 2 aromatic carbocycles. The third-order valence-corrected chi connectivity index (χ3v) is 5.12. The molecule has 0 radical (unpaired) electrons. The van der Waals surface area contributed by atoms with Crippen molar-refractivity contribution in [2.45, 2.75) is 19.5 Å². The number of rotatable bonds is 6. The molecule has 6 nitrogen and oxygen atoms in total. The summed E-state index contributed by atoms with van der Waals surface area (Å²) in [5, 5.41) is 3.46. The average molecular weight is 389 g/mol. The Bertz CT molecular complexity index is 1030. The number of aromatic nitrogens is 1.